The summed E-state index contributed by atoms with van der Waals surface area (Å²) in [6.07, 6.45) is 4.94. The third-order valence-electron chi connectivity index (χ3n) is 5.06. The molecule has 0 bridgehead atoms. The van der Waals surface area contributed by atoms with Crippen LogP contribution in [0.2, 0.25) is 0 Å². The van der Waals surface area contributed by atoms with Gasteiger partial charge in [0.05, 0.1) is 18.9 Å². The van der Waals surface area contributed by atoms with Gasteiger partial charge in [0.2, 0.25) is 11.8 Å². The molecule has 0 unspecified atom stereocenters. The zero-order valence-electron chi connectivity index (χ0n) is 17.1. The molecule has 2 amide bonds. The number of hydrogen-bond donors (Lipinski definition) is 0. The molecule has 0 radical (unpaired) electrons. The molecule has 1 saturated heterocycles. The minimum absolute atomic E-state index is 0.0355. The van der Waals surface area contributed by atoms with E-state index >= 15 is 0 Å². The second kappa shape index (κ2) is 10.5. The molecule has 1 aromatic rings. The van der Waals surface area contributed by atoms with Gasteiger partial charge in [-0.05, 0) is 44.2 Å². The molecule has 1 aliphatic heterocycles. The zero-order chi connectivity index (χ0) is 19.8. The molecule has 1 aromatic heterocycles. The van der Waals surface area contributed by atoms with Gasteiger partial charge < -0.3 is 19.0 Å². The maximum absolute atomic E-state index is 13.1. The van der Waals surface area contributed by atoms with E-state index in [-0.39, 0.29) is 36.4 Å². The Morgan fingerprint density at radius 3 is 2.59 bits per heavy atom. The van der Waals surface area contributed by atoms with Crippen LogP contribution in [0.5, 0.6) is 0 Å². The molecule has 0 aliphatic carbocycles. The predicted molar refractivity (Wildman–Crippen MR) is 104 cm³/mol. The summed E-state index contributed by atoms with van der Waals surface area (Å²) < 4.78 is 11.2. The molecule has 0 aromatic carbocycles. The van der Waals surface area contributed by atoms with Gasteiger partial charge in [-0.25, -0.2) is 0 Å². The lowest BCUT2D eigenvalue weighted by Crippen LogP contribution is -2.48. The fourth-order valence-corrected chi connectivity index (χ4v) is 3.30. The normalized spacial score (nSPS) is 17.9. The topological polar surface area (TPSA) is 63.0 Å². The van der Waals surface area contributed by atoms with Gasteiger partial charge in [-0.1, -0.05) is 20.8 Å². The molecule has 0 N–H and O–H groups in total. The van der Waals surface area contributed by atoms with Gasteiger partial charge in [-0.15, -0.1) is 0 Å². The summed E-state index contributed by atoms with van der Waals surface area (Å²) in [4.78, 5) is 29.3. The number of carbonyl (C=O) groups is 2. The number of hydrogen-bond acceptors (Lipinski definition) is 4. The van der Waals surface area contributed by atoms with Crippen molar-refractivity contribution in [1.29, 1.82) is 0 Å². The summed E-state index contributed by atoms with van der Waals surface area (Å²) in [7, 11) is 0. The van der Waals surface area contributed by atoms with Gasteiger partial charge >= 0.3 is 0 Å². The quantitative estimate of drug-likeness (QED) is 0.625. The molecule has 0 spiro atoms. The summed E-state index contributed by atoms with van der Waals surface area (Å²) in [5.74, 6) is 0.997. The molecule has 2 heterocycles. The summed E-state index contributed by atoms with van der Waals surface area (Å²) in [6, 6.07) is 3.72. The Morgan fingerprint density at radius 2 is 2.04 bits per heavy atom. The van der Waals surface area contributed by atoms with E-state index in [1.807, 2.05) is 39.8 Å². The molecule has 27 heavy (non-hydrogen) atoms. The molecule has 6 heteroatoms. The van der Waals surface area contributed by atoms with Crippen molar-refractivity contribution in [3.05, 3.63) is 24.2 Å². The second-order valence-corrected chi connectivity index (χ2v) is 7.87. The molecule has 152 valence electrons. The number of furan rings is 1. The van der Waals surface area contributed by atoms with Crippen LogP contribution in [0, 0.1) is 5.92 Å². The van der Waals surface area contributed by atoms with Crippen LogP contribution in [0.3, 0.4) is 0 Å². The van der Waals surface area contributed by atoms with Crippen LogP contribution in [0.15, 0.2) is 22.8 Å². The van der Waals surface area contributed by atoms with E-state index in [4.69, 9.17) is 9.15 Å². The van der Waals surface area contributed by atoms with Crippen molar-refractivity contribution < 1.29 is 18.7 Å². The van der Waals surface area contributed by atoms with E-state index in [9.17, 15) is 9.59 Å². The largest absolute Gasteiger partial charge is 0.467 e. The number of amides is 2. The Kier molecular flexibility index (Phi) is 8.35. The van der Waals surface area contributed by atoms with Crippen molar-refractivity contribution in [2.45, 2.75) is 72.1 Å². The SMILES string of the molecule is CC[C@H](C)N(CC(=O)N(Cc1ccco1)C[C@@H]1CCCO1)C(=O)CC(C)C. The molecule has 6 nitrogen and oxygen atoms in total. The zero-order valence-corrected chi connectivity index (χ0v) is 17.1. The highest BCUT2D eigenvalue weighted by atomic mass is 16.5. The highest BCUT2D eigenvalue weighted by Gasteiger charge is 2.28. The number of carbonyl (C=O) groups excluding carboxylic acids is 2. The maximum atomic E-state index is 13.1. The molecule has 2 rings (SSSR count). The van der Waals surface area contributed by atoms with Crippen LogP contribution < -0.4 is 0 Å². The van der Waals surface area contributed by atoms with Gasteiger partial charge in [-0.3, -0.25) is 9.59 Å². The van der Waals surface area contributed by atoms with Gasteiger partial charge in [0.1, 0.15) is 12.3 Å². The summed E-state index contributed by atoms with van der Waals surface area (Å²) >= 11 is 0. The molecule has 0 saturated carbocycles. The summed E-state index contributed by atoms with van der Waals surface area (Å²) in [5, 5.41) is 0. The lowest BCUT2D eigenvalue weighted by atomic mass is 10.1. The van der Waals surface area contributed by atoms with Crippen LogP contribution in [0.4, 0.5) is 0 Å². The molecular weight excluding hydrogens is 344 g/mol. The summed E-state index contributed by atoms with van der Waals surface area (Å²) in [5.41, 5.74) is 0. The standard InChI is InChI=1S/C21H34N2O4/c1-5-17(4)23(20(24)12-16(2)3)15-21(25)22(13-18-8-6-10-26-18)14-19-9-7-11-27-19/h6,8,10,16-17,19H,5,7,9,11-15H2,1-4H3/t17-,19-/m0/s1. The smallest absolute Gasteiger partial charge is 0.242 e. The van der Waals surface area contributed by atoms with Crippen molar-refractivity contribution in [2.75, 3.05) is 19.7 Å². The van der Waals surface area contributed by atoms with Gasteiger partial charge in [-0.2, -0.15) is 0 Å². The average molecular weight is 379 g/mol. The number of rotatable bonds is 10. The lowest BCUT2D eigenvalue weighted by molar-refractivity contribution is -0.144. The predicted octanol–water partition coefficient (Wildman–Crippen LogP) is 3.46. The Morgan fingerprint density at radius 1 is 1.26 bits per heavy atom. The first-order valence-electron chi connectivity index (χ1n) is 10.1. The van der Waals surface area contributed by atoms with Crippen LogP contribution in [-0.2, 0) is 20.9 Å². The van der Waals surface area contributed by atoms with E-state index in [0.29, 0.717) is 19.5 Å². The van der Waals surface area contributed by atoms with Crippen molar-refractivity contribution in [3.63, 3.8) is 0 Å². The average Bonchev–Trinajstić information content (AvgIpc) is 3.31. The van der Waals surface area contributed by atoms with Gasteiger partial charge in [0.15, 0.2) is 0 Å². The van der Waals surface area contributed by atoms with E-state index in [2.05, 4.69) is 0 Å². The van der Waals surface area contributed by atoms with Crippen molar-refractivity contribution >= 4 is 11.8 Å². The number of ether oxygens (including phenoxy) is 1. The van der Waals surface area contributed by atoms with Crippen LogP contribution >= 0.6 is 0 Å². The fourth-order valence-electron chi connectivity index (χ4n) is 3.30. The maximum Gasteiger partial charge on any atom is 0.242 e. The van der Waals surface area contributed by atoms with Gasteiger partial charge in [0, 0.05) is 25.6 Å². The Labute approximate surface area is 162 Å². The monoisotopic (exact) mass is 378 g/mol. The van der Waals surface area contributed by atoms with Crippen molar-refractivity contribution in [2.24, 2.45) is 5.92 Å². The number of nitrogens with zero attached hydrogens (tertiary/aromatic N) is 2. The Balaban J connectivity index is 2.08. The van der Waals surface area contributed by atoms with Crippen molar-refractivity contribution in [3.8, 4) is 0 Å². The molecule has 1 fully saturated rings. The van der Waals surface area contributed by atoms with E-state index < -0.39 is 0 Å². The summed E-state index contributed by atoms with van der Waals surface area (Å²) in [6.45, 7) is 9.88. The van der Waals surface area contributed by atoms with Crippen LogP contribution in [0.25, 0.3) is 0 Å². The Hall–Kier alpha value is -1.82. The van der Waals surface area contributed by atoms with E-state index in [0.717, 1.165) is 31.6 Å². The minimum atomic E-state index is -0.0562. The molecule has 1 aliphatic rings. The third-order valence-corrected chi connectivity index (χ3v) is 5.06. The van der Waals surface area contributed by atoms with E-state index in [1.54, 1.807) is 16.1 Å². The van der Waals surface area contributed by atoms with Gasteiger partial charge in [0.25, 0.3) is 0 Å². The van der Waals surface area contributed by atoms with Crippen LogP contribution in [0.1, 0.15) is 59.1 Å². The third kappa shape index (κ3) is 6.69. The van der Waals surface area contributed by atoms with Crippen molar-refractivity contribution in [1.82, 2.24) is 9.80 Å². The minimum Gasteiger partial charge on any atom is -0.467 e. The fraction of sp³-hybridized carbons (Fsp3) is 0.714. The first-order valence-corrected chi connectivity index (χ1v) is 10.1. The lowest BCUT2D eigenvalue weighted by Gasteiger charge is -2.32. The second-order valence-electron chi connectivity index (χ2n) is 7.87. The highest BCUT2D eigenvalue weighted by Crippen LogP contribution is 2.17. The Bertz CT molecular complexity index is 579. The highest BCUT2D eigenvalue weighted by molar-refractivity contribution is 5.85. The van der Waals surface area contributed by atoms with Crippen LogP contribution in [-0.4, -0.2) is 53.5 Å². The first-order chi connectivity index (χ1) is 12.9. The molecule has 2 atom stereocenters. The van der Waals surface area contributed by atoms with E-state index in [1.165, 1.54) is 0 Å². The first kappa shape index (κ1) is 21.5. The molecular formula is C21H34N2O4.